The van der Waals surface area contributed by atoms with Crippen LogP contribution in [-0.2, 0) is 19.4 Å². The summed E-state index contributed by atoms with van der Waals surface area (Å²) in [4.78, 5) is 2.20. The molecule has 0 atom stereocenters. The fourth-order valence-corrected chi connectivity index (χ4v) is 2.70. The molecule has 5 nitrogen and oxygen atoms in total. The van der Waals surface area contributed by atoms with E-state index in [1.807, 2.05) is 28.9 Å². The van der Waals surface area contributed by atoms with Crippen molar-refractivity contribution in [1.82, 2.24) is 14.7 Å². The predicted octanol–water partition coefficient (Wildman–Crippen LogP) is 1.80. The van der Waals surface area contributed by atoms with E-state index in [4.69, 9.17) is 5.26 Å². The lowest BCUT2D eigenvalue weighted by atomic mass is 10.1. The topological polar surface area (TPSA) is 68.6 Å². The first-order valence-corrected chi connectivity index (χ1v) is 6.88. The number of hydrogen-bond acceptors (Lipinski definition) is 4. The average molecular weight is 277 g/mol. The lowest BCUT2D eigenvalue weighted by Crippen LogP contribution is -2.27. The Bertz CT molecular complexity index is 743. The van der Waals surface area contributed by atoms with Crippen molar-refractivity contribution >= 4 is 0 Å². The van der Waals surface area contributed by atoms with Crippen LogP contribution < -0.4 is 0 Å². The zero-order valence-electron chi connectivity index (χ0n) is 11.9. The van der Waals surface area contributed by atoms with Crippen LogP contribution >= 0.6 is 0 Å². The highest BCUT2D eigenvalue weighted by Crippen LogP contribution is 2.24. The molecular weight excluding hydrogens is 262 g/mol. The second kappa shape index (κ2) is 5.40. The lowest BCUT2D eigenvalue weighted by molar-refractivity contribution is 0.310. The second-order valence-electron chi connectivity index (χ2n) is 5.29. The summed E-state index contributed by atoms with van der Waals surface area (Å²) in [5.74, 6) is 0. The van der Waals surface area contributed by atoms with E-state index in [-0.39, 0.29) is 0 Å². The first-order chi connectivity index (χ1) is 10.2. The van der Waals surface area contributed by atoms with Crippen LogP contribution in [0.15, 0.2) is 24.3 Å². The van der Waals surface area contributed by atoms with E-state index in [9.17, 15) is 5.26 Å². The first-order valence-electron chi connectivity index (χ1n) is 6.88. The number of hydrogen-bond donors (Lipinski definition) is 0. The smallest absolute Gasteiger partial charge is 0.167 e. The molecule has 1 aromatic carbocycles. The zero-order valence-corrected chi connectivity index (χ0v) is 11.9. The summed E-state index contributed by atoms with van der Waals surface area (Å²) in [7, 11) is 2.05. The number of benzene rings is 1. The molecule has 0 radical (unpaired) electrons. The van der Waals surface area contributed by atoms with Crippen molar-refractivity contribution in [2.45, 2.75) is 19.4 Å². The molecule has 2 aromatic rings. The van der Waals surface area contributed by atoms with Gasteiger partial charge in [-0.1, -0.05) is 12.1 Å². The van der Waals surface area contributed by atoms with Crippen LogP contribution in [0, 0.1) is 22.7 Å². The fourth-order valence-electron chi connectivity index (χ4n) is 2.70. The molecule has 0 aliphatic carbocycles. The van der Waals surface area contributed by atoms with Gasteiger partial charge in [0, 0.05) is 25.1 Å². The highest BCUT2D eigenvalue weighted by atomic mass is 15.3. The number of nitriles is 2. The summed E-state index contributed by atoms with van der Waals surface area (Å²) < 4.78 is 1.87. The standard InChI is InChI=1S/C16H15N5/c1-20-9-7-16-14(11-20)15(10-18)19-21(16)13-4-2-12(3-5-13)6-8-17/h2-5H,6-7,9,11H2,1H3. The van der Waals surface area contributed by atoms with Crippen LogP contribution in [0.5, 0.6) is 0 Å². The molecule has 0 saturated carbocycles. The van der Waals surface area contributed by atoms with Crippen molar-refractivity contribution in [3.63, 3.8) is 0 Å². The summed E-state index contributed by atoms with van der Waals surface area (Å²) in [6.07, 6.45) is 1.30. The van der Waals surface area contributed by atoms with Gasteiger partial charge in [0.15, 0.2) is 5.69 Å². The van der Waals surface area contributed by atoms with Gasteiger partial charge in [0.05, 0.1) is 23.9 Å². The van der Waals surface area contributed by atoms with Crippen LogP contribution in [0.25, 0.3) is 5.69 Å². The summed E-state index contributed by atoms with van der Waals surface area (Å²) in [6, 6.07) is 12.1. The quantitative estimate of drug-likeness (QED) is 0.839. The maximum Gasteiger partial charge on any atom is 0.167 e. The molecular formula is C16H15N5. The van der Waals surface area contributed by atoms with E-state index in [1.165, 1.54) is 0 Å². The van der Waals surface area contributed by atoms with Crippen molar-refractivity contribution < 1.29 is 0 Å². The van der Waals surface area contributed by atoms with Gasteiger partial charge in [-0.25, -0.2) is 4.68 Å². The summed E-state index contributed by atoms with van der Waals surface area (Å²) in [5, 5.41) is 22.4. The predicted molar refractivity (Wildman–Crippen MR) is 77.6 cm³/mol. The molecule has 0 fully saturated rings. The molecule has 21 heavy (non-hydrogen) atoms. The number of aromatic nitrogens is 2. The highest BCUT2D eigenvalue weighted by molar-refractivity contribution is 5.43. The zero-order chi connectivity index (χ0) is 14.8. The molecule has 0 amide bonds. The van der Waals surface area contributed by atoms with Gasteiger partial charge in [-0.15, -0.1) is 0 Å². The highest BCUT2D eigenvalue weighted by Gasteiger charge is 2.23. The van der Waals surface area contributed by atoms with Crippen molar-refractivity contribution in [2.75, 3.05) is 13.6 Å². The molecule has 1 aliphatic rings. The van der Waals surface area contributed by atoms with Gasteiger partial charge < -0.3 is 4.90 Å². The molecule has 2 heterocycles. The Morgan fingerprint density at radius 2 is 2.00 bits per heavy atom. The third kappa shape index (κ3) is 2.40. The van der Waals surface area contributed by atoms with Crippen molar-refractivity contribution in [3.05, 3.63) is 46.8 Å². The fraction of sp³-hybridized carbons (Fsp3) is 0.312. The molecule has 5 heteroatoms. The maximum absolute atomic E-state index is 9.27. The minimum atomic E-state index is 0.408. The number of likely N-dealkylation sites (N-methyl/N-ethyl adjacent to an activating group) is 1. The Morgan fingerprint density at radius 3 is 2.67 bits per heavy atom. The average Bonchev–Trinajstić information content (AvgIpc) is 2.86. The van der Waals surface area contributed by atoms with E-state index < -0.39 is 0 Å². The van der Waals surface area contributed by atoms with Gasteiger partial charge in [-0.05, 0) is 24.7 Å². The molecule has 104 valence electrons. The van der Waals surface area contributed by atoms with E-state index in [2.05, 4.69) is 29.2 Å². The van der Waals surface area contributed by atoms with Gasteiger partial charge in [-0.2, -0.15) is 15.6 Å². The molecule has 1 aliphatic heterocycles. The normalized spacial score (nSPS) is 14.2. The molecule has 0 N–H and O–H groups in total. The Kier molecular flexibility index (Phi) is 3.43. The second-order valence-corrected chi connectivity index (χ2v) is 5.29. The third-order valence-corrected chi connectivity index (χ3v) is 3.82. The van der Waals surface area contributed by atoms with Crippen LogP contribution in [0.4, 0.5) is 0 Å². The van der Waals surface area contributed by atoms with E-state index >= 15 is 0 Å². The first kappa shape index (κ1) is 13.4. The third-order valence-electron chi connectivity index (χ3n) is 3.82. The summed E-state index contributed by atoms with van der Waals surface area (Å²) in [5.41, 5.74) is 4.60. The van der Waals surface area contributed by atoms with Crippen LogP contribution in [0.2, 0.25) is 0 Å². The Morgan fingerprint density at radius 1 is 1.24 bits per heavy atom. The van der Waals surface area contributed by atoms with Gasteiger partial charge in [0.25, 0.3) is 0 Å². The van der Waals surface area contributed by atoms with Crippen LogP contribution in [0.3, 0.4) is 0 Å². The van der Waals surface area contributed by atoms with Crippen LogP contribution in [-0.4, -0.2) is 28.3 Å². The SMILES string of the molecule is CN1CCc2c(c(C#N)nn2-c2ccc(CC#N)cc2)C1. The van der Waals surface area contributed by atoms with E-state index in [0.29, 0.717) is 12.1 Å². The maximum atomic E-state index is 9.27. The van der Waals surface area contributed by atoms with Gasteiger partial charge in [0.1, 0.15) is 6.07 Å². The van der Waals surface area contributed by atoms with Gasteiger partial charge in [0.2, 0.25) is 0 Å². The summed E-state index contributed by atoms with van der Waals surface area (Å²) in [6.45, 7) is 1.74. The molecule has 0 unspecified atom stereocenters. The Labute approximate surface area is 123 Å². The number of nitrogens with zero attached hydrogens (tertiary/aromatic N) is 5. The number of fused-ring (bicyclic) bond motifs is 1. The monoisotopic (exact) mass is 277 g/mol. The minimum Gasteiger partial charge on any atom is -0.302 e. The van der Waals surface area contributed by atoms with Crippen molar-refractivity contribution in [1.29, 1.82) is 10.5 Å². The van der Waals surface area contributed by atoms with Crippen molar-refractivity contribution in [3.8, 4) is 17.8 Å². The summed E-state index contributed by atoms with van der Waals surface area (Å²) >= 11 is 0. The molecule has 1 aromatic heterocycles. The van der Waals surface area contributed by atoms with Crippen molar-refractivity contribution in [2.24, 2.45) is 0 Å². The molecule has 0 saturated heterocycles. The van der Waals surface area contributed by atoms with Gasteiger partial charge in [-0.3, -0.25) is 0 Å². The van der Waals surface area contributed by atoms with E-state index in [1.54, 1.807) is 0 Å². The molecule has 0 spiro atoms. The minimum absolute atomic E-state index is 0.408. The van der Waals surface area contributed by atoms with Gasteiger partial charge >= 0.3 is 0 Å². The Hall–Kier alpha value is -2.63. The lowest BCUT2D eigenvalue weighted by Gasteiger charge is -2.23. The largest absolute Gasteiger partial charge is 0.302 e. The molecule has 3 rings (SSSR count). The Balaban J connectivity index is 2.03. The van der Waals surface area contributed by atoms with E-state index in [0.717, 1.165) is 42.0 Å². The van der Waals surface area contributed by atoms with Crippen LogP contribution in [0.1, 0.15) is 22.5 Å². The number of rotatable bonds is 2. The molecule has 0 bridgehead atoms.